The molecule has 17 heavy (non-hydrogen) atoms. The summed E-state index contributed by atoms with van der Waals surface area (Å²) >= 11 is 0. The molecule has 2 unspecified atom stereocenters. The van der Waals surface area contributed by atoms with Crippen molar-refractivity contribution in [1.29, 1.82) is 0 Å². The van der Waals surface area contributed by atoms with Crippen LogP contribution in [0.1, 0.15) is 30.9 Å². The molecule has 1 aromatic rings. The molecule has 2 N–H and O–H groups in total. The minimum Gasteiger partial charge on any atom is -0.434 e. The van der Waals surface area contributed by atoms with E-state index < -0.39 is 6.61 Å². The van der Waals surface area contributed by atoms with Gasteiger partial charge in [0.25, 0.3) is 0 Å². The molecule has 4 heteroatoms. The third kappa shape index (κ3) is 2.02. The molecule has 1 saturated carbocycles. The summed E-state index contributed by atoms with van der Waals surface area (Å²) in [5, 5.41) is 0. The van der Waals surface area contributed by atoms with Crippen molar-refractivity contribution >= 4 is 0 Å². The Bertz CT molecular complexity index is 431. The van der Waals surface area contributed by atoms with Gasteiger partial charge in [0.2, 0.25) is 0 Å². The minimum atomic E-state index is -2.80. The first kappa shape index (κ1) is 12.3. The van der Waals surface area contributed by atoms with E-state index in [1.807, 2.05) is 26.0 Å². The topological polar surface area (TPSA) is 35.2 Å². The largest absolute Gasteiger partial charge is 0.434 e. The first-order valence-corrected chi connectivity index (χ1v) is 5.65. The van der Waals surface area contributed by atoms with Gasteiger partial charge in [-0.05, 0) is 23.5 Å². The fourth-order valence-electron chi connectivity index (χ4n) is 2.44. The maximum atomic E-state index is 12.4. The molecule has 0 amide bonds. The normalized spacial score (nSPS) is 26.1. The molecule has 0 heterocycles. The van der Waals surface area contributed by atoms with Gasteiger partial charge < -0.3 is 10.5 Å². The van der Waals surface area contributed by atoms with Gasteiger partial charge in [-0.15, -0.1) is 0 Å². The Kier molecular flexibility index (Phi) is 2.86. The van der Waals surface area contributed by atoms with Crippen LogP contribution >= 0.6 is 0 Å². The number of hydrogen-bond acceptors (Lipinski definition) is 2. The lowest BCUT2D eigenvalue weighted by Gasteiger charge is -2.14. The van der Waals surface area contributed by atoms with Gasteiger partial charge in [0.1, 0.15) is 5.75 Å². The number of nitrogens with two attached hydrogens (primary N) is 1. The summed E-state index contributed by atoms with van der Waals surface area (Å²) < 4.78 is 29.4. The molecule has 0 spiro atoms. The monoisotopic (exact) mass is 241 g/mol. The van der Waals surface area contributed by atoms with E-state index in [2.05, 4.69) is 4.74 Å². The highest BCUT2D eigenvalue weighted by Crippen LogP contribution is 2.59. The number of halogens is 2. The van der Waals surface area contributed by atoms with Crippen molar-refractivity contribution in [2.24, 2.45) is 11.1 Å². The average Bonchev–Trinajstić information content (AvgIpc) is 2.70. The van der Waals surface area contributed by atoms with Gasteiger partial charge in [0, 0.05) is 12.0 Å². The van der Waals surface area contributed by atoms with E-state index in [0.717, 1.165) is 11.1 Å². The molecule has 0 aliphatic heterocycles. The Morgan fingerprint density at radius 3 is 2.41 bits per heavy atom. The van der Waals surface area contributed by atoms with Crippen molar-refractivity contribution in [3.8, 4) is 5.75 Å². The number of hydrogen-bond donors (Lipinski definition) is 1. The zero-order valence-electron chi connectivity index (χ0n) is 10.2. The minimum absolute atomic E-state index is 0.00400. The highest BCUT2D eigenvalue weighted by Gasteiger charge is 2.57. The van der Waals surface area contributed by atoms with Crippen molar-refractivity contribution in [3.63, 3.8) is 0 Å². The summed E-state index contributed by atoms with van der Waals surface area (Å²) in [5.41, 5.74) is 7.45. The highest BCUT2D eigenvalue weighted by atomic mass is 19.3. The predicted octanol–water partition coefficient (Wildman–Crippen LogP) is 3.05. The molecule has 2 nitrogen and oxygen atoms in total. The van der Waals surface area contributed by atoms with Gasteiger partial charge in [0.05, 0.1) is 0 Å². The Morgan fingerprint density at radius 1 is 1.35 bits per heavy atom. The summed E-state index contributed by atoms with van der Waals surface area (Å²) in [6.45, 7) is 3.04. The van der Waals surface area contributed by atoms with E-state index in [1.54, 1.807) is 13.0 Å². The summed E-state index contributed by atoms with van der Waals surface area (Å²) in [6.07, 6.45) is 0. The molecule has 1 fully saturated rings. The first-order valence-electron chi connectivity index (χ1n) is 5.65. The lowest BCUT2D eigenvalue weighted by molar-refractivity contribution is -0.0509. The van der Waals surface area contributed by atoms with Gasteiger partial charge in [-0.25, -0.2) is 0 Å². The second kappa shape index (κ2) is 3.95. The third-order valence-corrected chi connectivity index (χ3v) is 3.70. The molecule has 0 saturated heterocycles. The summed E-state index contributed by atoms with van der Waals surface area (Å²) in [7, 11) is 0. The maximum absolute atomic E-state index is 12.4. The van der Waals surface area contributed by atoms with Gasteiger partial charge in [-0.2, -0.15) is 8.78 Å². The number of alkyl halides is 2. The van der Waals surface area contributed by atoms with Crippen molar-refractivity contribution in [3.05, 3.63) is 29.3 Å². The lowest BCUT2D eigenvalue weighted by Crippen LogP contribution is -2.08. The molecule has 2 atom stereocenters. The number of aryl methyl sites for hydroxylation is 1. The van der Waals surface area contributed by atoms with Crippen molar-refractivity contribution < 1.29 is 13.5 Å². The smallest absolute Gasteiger partial charge is 0.387 e. The molecule has 1 aliphatic rings. The van der Waals surface area contributed by atoms with E-state index in [4.69, 9.17) is 5.73 Å². The van der Waals surface area contributed by atoms with Gasteiger partial charge >= 0.3 is 6.61 Å². The van der Waals surface area contributed by atoms with Crippen molar-refractivity contribution in [1.82, 2.24) is 0 Å². The average molecular weight is 241 g/mol. The molecule has 2 rings (SSSR count). The zero-order chi connectivity index (χ0) is 12.8. The fourth-order valence-corrected chi connectivity index (χ4v) is 2.44. The number of ether oxygens (including phenoxy) is 1. The van der Waals surface area contributed by atoms with Crippen LogP contribution < -0.4 is 10.5 Å². The van der Waals surface area contributed by atoms with Crippen LogP contribution in [-0.4, -0.2) is 12.7 Å². The van der Waals surface area contributed by atoms with E-state index in [9.17, 15) is 8.78 Å². The van der Waals surface area contributed by atoms with Crippen LogP contribution in [0.4, 0.5) is 8.78 Å². The van der Waals surface area contributed by atoms with Crippen LogP contribution in [0, 0.1) is 12.3 Å². The van der Waals surface area contributed by atoms with Crippen LogP contribution in [0.15, 0.2) is 18.2 Å². The summed E-state index contributed by atoms with van der Waals surface area (Å²) in [4.78, 5) is 0. The van der Waals surface area contributed by atoms with Crippen LogP contribution in [-0.2, 0) is 0 Å². The van der Waals surface area contributed by atoms with E-state index in [0.29, 0.717) is 0 Å². The Balaban J connectivity index is 2.38. The Labute approximate surface area is 99.8 Å². The number of para-hydroxylation sites is 1. The Hall–Kier alpha value is -1.16. The summed E-state index contributed by atoms with van der Waals surface area (Å²) in [6, 6.07) is 5.44. The molecule has 0 aromatic heterocycles. The standard InChI is InChI=1S/C13H17F2NO/c1-7-5-4-6-8(10(7)17-12(14)15)9-11(16)13(9,2)3/h4-6,9,11-12H,16H2,1-3H3. The van der Waals surface area contributed by atoms with Crippen LogP contribution in [0.2, 0.25) is 0 Å². The van der Waals surface area contributed by atoms with Crippen molar-refractivity contribution in [2.75, 3.05) is 0 Å². The Morgan fingerprint density at radius 2 is 1.94 bits per heavy atom. The molecule has 1 aliphatic carbocycles. The molecule has 1 aromatic carbocycles. The van der Waals surface area contributed by atoms with E-state index >= 15 is 0 Å². The van der Waals surface area contributed by atoms with Gasteiger partial charge in [-0.3, -0.25) is 0 Å². The molecule has 0 radical (unpaired) electrons. The van der Waals surface area contributed by atoms with Gasteiger partial charge in [-0.1, -0.05) is 32.0 Å². The lowest BCUT2D eigenvalue weighted by atomic mass is 10.00. The fraction of sp³-hybridized carbons (Fsp3) is 0.538. The molecule has 0 bridgehead atoms. The van der Waals surface area contributed by atoms with Crippen molar-refractivity contribution in [2.45, 2.75) is 39.3 Å². The van der Waals surface area contributed by atoms with Crippen LogP contribution in [0.25, 0.3) is 0 Å². The highest BCUT2D eigenvalue weighted by molar-refractivity contribution is 5.48. The predicted molar refractivity (Wildman–Crippen MR) is 62.3 cm³/mol. The third-order valence-electron chi connectivity index (χ3n) is 3.70. The second-order valence-corrected chi connectivity index (χ2v) is 5.20. The van der Waals surface area contributed by atoms with Crippen LogP contribution in [0.3, 0.4) is 0 Å². The van der Waals surface area contributed by atoms with Crippen LogP contribution in [0.5, 0.6) is 5.75 Å². The SMILES string of the molecule is Cc1cccc(C2C(N)C2(C)C)c1OC(F)F. The zero-order valence-corrected chi connectivity index (χ0v) is 10.2. The first-order chi connectivity index (χ1) is 7.85. The second-order valence-electron chi connectivity index (χ2n) is 5.20. The quantitative estimate of drug-likeness (QED) is 0.882. The molecular formula is C13H17F2NO. The molecular weight excluding hydrogens is 224 g/mol. The van der Waals surface area contributed by atoms with E-state index in [-0.39, 0.29) is 23.1 Å². The summed E-state index contributed by atoms with van der Waals surface area (Å²) in [5.74, 6) is 0.379. The number of benzene rings is 1. The maximum Gasteiger partial charge on any atom is 0.387 e. The molecule has 94 valence electrons. The number of rotatable bonds is 3. The van der Waals surface area contributed by atoms with E-state index in [1.165, 1.54) is 0 Å². The van der Waals surface area contributed by atoms with Gasteiger partial charge in [0.15, 0.2) is 0 Å².